The monoisotopic (exact) mass is 274 g/mol. The lowest BCUT2D eigenvalue weighted by atomic mass is 10.4. The fourth-order valence-corrected chi connectivity index (χ4v) is 0.429. The minimum Gasteiger partial charge on any atom is -0.394 e. The summed E-state index contributed by atoms with van der Waals surface area (Å²) in [7, 11) is 3.85. The minimum absolute atomic E-state index is 0. The van der Waals surface area contributed by atoms with Crippen molar-refractivity contribution in [3.8, 4) is 0 Å². The van der Waals surface area contributed by atoms with Gasteiger partial charge in [-0.2, -0.15) is 0 Å². The van der Waals surface area contributed by atoms with Crippen molar-refractivity contribution in [1.29, 1.82) is 0 Å². The van der Waals surface area contributed by atoms with Gasteiger partial charge in [-0.1, -0.05) is 6.08 Å². The molecule has 0 rings (SSSR count). The Hall–Kier alpha value is 0.460. The van der Waals surface area contributed by atoms with Gasteiger partial charge in [0.05, 0.1) is 0 Å². The van der Waals surface area contributed by atoms with Crippen molar-refractivity contribution in [2.75, 3.05) is 20.6 Å². The van der Waals surface area contributed by atoms with Gasteiger partial charge in [-0.25, -0.2) is 0 Å². The van der Waals surface area contributed by atoms with Crippen LogP contribution in [0.1, 0.15) is 6.42 Å². The zero-order chi connectivity index (χ0) is 6.24. The average molecular weight is 276 g/mol. The van der Waals surface area contributed by atoms with Crippen LogP contribution in [0.5, 0.6) is 0 Å². The molecule has 10 heavy (non-hydrogen) atoms. The zero-order valence-electron chi connectivity index (χ0n) is 6.39. The molecule has 0 aromatic heterocycles. The highest BCUT2D eigenvalue weighted by Crippen LogP contribution is 1.74. The maximum Gasteiger partial charge on any atom is 0.00276 e. The molecule has 0 saturated carbocycles. The molecular weight excluding hydrogens is 260 g/mol. The van der Waals surface area contributed by atoms with Crippen molar-refractivity contribution in [3.05, 3.63) is 12.3 Å². The normalized spacial score (nSPS) is 8.20. The first-order valence-corrected chi connectivity index (χ1v) is 2.88. The summed E-state index contributed by atoms with van der Waals surface area (Å²) in [4.78, 5) is 0. The van der Waals surface area contributed by atoms with Gasteiger partial charge in [-0.15, -0.1) is 34.0 Å². The molecule has 0 radical (unpaired) electrons. The first-order valence-electron chi connectivity index (χ1n) is 2.88. The Labute approximate surface area is 84.0 Å². The van der Waals surface area contributed by atoms with Crippen LogP contribution in [0.15, 0.2) is 12.3 Å². The number of hydrogen-bond acceptors (Lipinski definition) is 2. The summed E-state index contributed by atoms with van der Waals surface area (Å²) < 4.78 is 0. The lowest BCUT2D eigenvalue weighted by Crippen LogP contribution is -2.06. The zero-order valence-corrected chi connectivity index (χ0v) is 9.81. The Balaban J connectivity index is -0.000000245. The Bertz CT molecular complexity index is 66.8. The summed E-state index contributed by atoms with van der Waals surface area (Å²) in [6.45, 7) is 1.05. The minimum atomic E-state index is 0. The van der Waals surface area contributed by atoms with Gasteiger partial charge in [-0.05, 0) is 26.2 Å². The van der Waals surface area contributed by atoms with Gasteiger partial charge >= 0.3 is 0 Å². The molecule has 0 aliphatic heterocycles. The van der Waals surface area contributed by atoms with Gasteiger partial charge in [0.2, 0.25) is 0 Å². The van der Waals surface area contributed by atoms with E-state index in [9.17, 15) is 0 Å². The standard InChI is InChI=1S/C6H14N2.2BrH/c1-7-5-3-4-6-8-2;;/h3,5,7-8H,4,6H2,1-2H3;2*1H/b5-3+;;. The summed E-state index contributed by atoms with van der Waals surface area (Å²) >= 11 is 0. The summed E-state index contributed by atoms with van der Waals surface area (Å²) in [6, 6.07) is 0. The van der Waals surface area contributed by atoms with Crippen molar-refractivity contribution in [1.82, 2.24) is 10.6 Å². The third-order valence-electron chi connectivity index (χ3n) is 0.846. The van der Waals surface area contributed by atoms with Crippen molar-refractivity contribution >= 4 is 34.0 Å². The second-order valence-electron chi connectivity index (χ2n) is 1.58. The highest BCUT2D eigenvalue weighted by Gasteiger charge is 1.72. The first-order chi connectivity index (χ1) is 3.91. The molecule has 4 heteroatoms. The SMILES string of the molecule is Br.Br.CN/C=C/CCNC. The van der Waals surface area contributed by atoms with Gasteiger partial charge < -0.3 is 10.6 Å². The fraction of sp³-hybridized carbons (Fsp3) is 0.667. The summed E-state index contributed by atoms with van der Waals surface area (Å²) in [5, 5.41) is 5.97. The lowest BCUT2D eigenvalue weighted by molar-refractivity contribution is 0.804. The molecular formula is C6H16Br2N2. The highest BCUT2D eigenvalue weighted by molar-refractivity contribution is 8.93. The van der Waals surface area contributed by atoms with Crippen LogP contribution in [0.25, 0.3) is 0 Å². The van der Waals surface area contributed by atoms with Crippen molar-refractivity contribution in [2.45, 2.75) is 6.42 Å². The van der Waals surface area contributed by atoms with Crippen LogP contribution < -0.4 is 10.6 Å². The molecule has 0 aliphatic rings. The van der Waals surface area contributed by atoms with Crippen molar-refractivity contribution in [2.24, 2.45) is 0 Å². The van der Waals surface area contributed by atoms with Crippen LogP contribution in [0.2, 0.25) is 0 Å². The number of halogens is 2. The van der Waals surface area contributed by atoms with Crippen LogP contribution in [-0.4, -0.2) is 20.6 Å². The smallest absolute Gasteiger partial charge is 0.00276 e. The van der Waals surface area contributed by atoms with Crippen molar-refractivity contribution in [3.63, 3.8) is 0 Å². The molecule has 0 saturated heterocycles. The molecule has 0 bridgehead atoms. The van der Waals surface area contributed by atoms with E-state index in [-0.39, 0.29) is 34.0 Å². The molecule has 64 valence electrons. The van der Waals surface area contributed by atoms with Crippen LogP contribution in [-0.2, 0) is 0 Å². The molecule has 2 nitrogen and oxygen atoms in total. The Morgan fingerprint density at radius 1 is 1.20 bits per heavy atom. The number of rotatable bonds is 4. The summed E-state index contributed by atoms with van der Waals surface area (Å²) in [5.41, 5.74) is 0. The molecule has 0 atom stereocenters. The summed E-state index contributed by atoms with van der Waals surface area (Å²) in [6.07, 6.45) is 5.13. The quantitative estimate of drug-likeness (QED) is 0.760. The van der Waals surface area contributed by atoms with E-state index in [2.05, 4.69) is 16.7 Å². The van der Waals surface area contributed by atoms with Gasteiger partial charge in [0.15, 0.2) is 0 Å². The highest BCUT2D eigenvalue weighted by atomic mass is 79.9. The third kappa shape index (κ3) is 15.8. The van der Waals surface area contributed by atoms with E-state index in [1.165, 1.54) is 0 Å². The molecule has 0 heterocycles. The average Bonchev–Trinajstić information content (AvgIpc) is 1.81. The van der Waals surface area contributed by atoms with Crippen LogP contribution in [0, 0.1) is 0 Å². The molecule has 0 unspecified atom stereocenters. The van der Waals surface area contributed by atoms with Gasteiger partial charge in [-0.3, -0.25) is 0 Å². The van der Waals surface area contributed by atoms with Crippen molar-refractivity contribution < 1.29 is 0 Å². The lowest BCUT2D eigenvalue weighted by Gasteiger charge is -1.89. The third-order valence-corrected chi connectivity index (χ3v) is 0.846. The Kier molecular flexibility index (Phi) is 27.3. The van der Waals surface area contributed by atoms with Crippen LogP contribution in [0.3, 0.4) is 0 Å². The molecule has 0 spiro atoms. The maximum atomic E-state index is 3.05. The Morgan fingerprint density at radius 2 is 1.80 bits per heavy atom. The van der Waals surface area contributed by atoms with E-state index in [4.69, 9.17) is 0 Å². The summed E-state index contributed by atoms with van der Waals surface area (Å²) in [5.74, 6) is 0. The predicted molar refractivity (Wildman–Crippen MR) is 57.4 cm³/mol. The van der Waals surface area contributed by atoms with Gasteiger partial charge in [0, 0.05) is 7.05 Å². The largest absolute Gasteiger partial charge is 0.394 e. The molecule has 2 N–H and O–H groups in total. The number of hydrogen-bond donors (Lipinski definition) is 2. The molecule has 0 aliphatic carbocycles. The second-order valence-corrected chi connectivity index (χ2v) is 1.58. The second kappa shape index (κ2) is 16.2. The fourth-order valence-electron chi connectivity index (χ4n) is 0.429. The first kappa shape index (κ1) is 16.8. The molecule has 0 fully saturated rings. The Morgan fingerprint density at radius 3 is 2.20 bits per heavy atom. The van der Waals surface area contributed by atoms with Gasteiger partial charge in [0.25, 0.3) is 0 Å². The van der Waals surface area contributed by atoms with Crippen LogP contribution >= 0.6 is 34.0 Å². The van der Waals surface area contributed by atoms with E-state index in [1.807, 2.05) is 20.3 Å². The van der Waals surface area contributed by atoms with E-state index in [0.717, 1.165) is 13.0 Å². The van der Waals surface area contributed by atoms with E-state index < -0.39 is 0 Å². The van der Waals surface area contributed by atoms with Gasteiger partial charge in [0.1, 0.15) is 0 Å². The predicted octanol–water partition coefficient (Wildman–Crippen LogP) is 1.48. The molecule has 0 aromatic rings. The van der Waals surface area contributed by atoms with Crippen LogP contribution in [0.4, 0.5) is 0 Å². The van der Waals surface area contributed by atoms with E-state index in [0.29, 0.717) is 0 Å². The van der Waals surface area contributed by atoms with E-state index >= 15 is 0 Å². The number of nitrogens with one attached hydrogen (secondary N) is 2. The topological polar surface area (TPSA) is 24.1 Å². The molecule has 0 aromatic carbocycles. The maximum absolute atomic E-state index is 3.05. The van der Waals surface area contributed by atoms with E-state index in [1.54, 1.807) is 0 Å². The molecule has 0 amide bonds.